The van der Waals surface area contributed by atoms with Gasteiger partial charge in [-0.25, -0.2) is 4.39 Å². The van der Waals surface area contributed by atoms with Crippen LogP contribution in [0, 0.1) is 5.82 Å². The summed E-state index contributed by atoms with van der Waals surface area (Å²) in [4.78, 5) is 0. The van der Waals surface area contributed by atoms with Crippen molar-refractivity contribution in [3.05, 3.63) is 33.5 Å². The van der Waals surface area contributed by atoms with Crippen LogP contribution in [0.1, 0.15) is 11.1 Å². The Morgan fingerprint density at radius 2 is 2.07 bits per heavy atom. The third-order valence-corrected chi connectivity index (χ3v) is 2.85. The van der Waals surface area contributed by atoms with Crippen LogP contribution < -0.4 is 5.32 Å². The summed E-state index contributed by atoms with van der Waals surface area (Å²) in [6.45, 7) is -0.280. The molecule has 1 aromatic carbocycles. The normalized spacial score (nSPS) is 19.1. The number of hydrogen-bond donors (Lipinski definition) is 1. The van der Waals surface area contributed by atoms with Gasteiger partial charge in [-0.3, -0.25) is 0 Å². The monoisotopic (exact) mass is 265 g/mol. The van der Waals surface area contributed by atoms with Crippen molar-refractivity contribution < 1.29 is 13.2 Å². The highest BCUT2D eigenvalue weighted by molar-refractivity contribution is 9.10. The third kappa shape index (κ3) is 1.44. The highest BCUT2D eigenvalue weighted by Gasteiger charge is 2.38. The van der Waals surface area contributed by atoms with Crippen molar-refractivity contribution in [2.45, 2.75) is 12.5 Å². The fraction of sp³-hybridized carbons (Fsp3) is 0.333. The first-order valence-electron chi connectivity index (χ1n) is 4.08. The maximum absolute atomic E-state index is 13.4. The van der Waals surface area contributed by atoms with E-state index in [4.69, 9.17) is 0 Å². The van der Waals surface area contributed by atoms with Gasteiger partial charge in [-0.05, 0) is 22.0 Å². The molecule has 0 aromatic heterocycles. The summed E-state index contributed by atoms with van der Waals surface area (Å²) < 4.78 is 40.2. The highest BCUT2D eigenvalue weighted by atomic mass is 79.9. The average molecular weight is 266 g/mol. The molecule has 2 rings (SSSR count). The fourth-order valence-corrected chi connectivity index (χ4v) is 1.92. The number of fused-ring (bicyclic) bond motifs is 1. The molecule has 0 saturated carbocycles. The standard InChI is InChI=1S/C9H7BrF3N/c10-7-2-1-6-5(8(7)11)3-14-4-9(6,12)13/h1-2,14H,3-4H2. The lowest BCUT2D eigenvalue weighted by atomic mass is 9.97. The zero-order valence-electron chi connectivity index (χ0n) is 7.08. The first kappa shape index (κ1) is 9.98. The van der Waals surface area contributed by atoms with Crippen molar-refractivity contribution >= 4 is 15.9 Å². The van der Waals surface area contributed by atoms with Crippen molar-refractivity contribution in [3.8, 4) is 0 Å². The Labute approximate surface area is 87.4 Å². The summed E-state index contributed by atoms with van der Waals surface area (Å²) in [6, 6.07) is 2.58. The first-order chi connectivity index (χ1) is 6.52. The predicted molar refractivity (Wildman–Crippen MR) is 49.7 cm³/mol. The number of hydrogen-bond acceptors (Lipinski definition) is 1. The van der Waals surface area contributed by atoms with E-state index in [1.165, 1.54) is 12.1 Å². The largest absolute Gasteiger partial charge is 0.307 e. The van der Waals surface area contributed by atoms with Crippen LogP contribution in [-0.4, -0.2) is 6.54 Å². The van der Waals surface area contributed by atoms with Gasteiger partial charge in [-0.1, -0.05) is 6.07 Å². The Bertz CT molecular complexity index is 379. The molecule has 1 nitrogen and oxygen atoms in total. The molecular formula is C9H7BrF3N. The second kappa shape index (κ2) is 3.24. The van der Waals surface area contributed by atoms with Crippen molar-refractivity contribution in [2.75, 3.05) is 6.54 Å². The molecule has 0 aliphatic carbocycles. The quantitative estimate of drug-likeness (QED) is 0.761. The van der Waals surface area contributed by atoms with E-state index in [1.54, 1.807) is 0 Å². The second-order valence-electron chi connectivity index (χ2n) is 3.20. The van der Waals surface area contributed by atoms with E-state index in [-0.39, 0.29) is 22.1 Å². The lowest BCUT2D eigenvalue weighted by molar-refractivity contribution is -0.0115. The van der Waals surface area contributed by atoms with Crippen LogP contribution in [-0.2, 0) is 12.5 Å². The van der Waals surface area contributed by atoms with Crippen LogP contribution in [0.15, 0.2) is 16.6 Å². The van der Waals surface area contributed by atoms with Crippen LogP contribution in [0.2, 0.25) is 0 Å². The van der Waals surface area contributed by atoms with E-state index in [0.717, 1.165) is 0 Å². The molecule has 0 atom stereocenters. The van der Waals surface area contributed by atoms with Crippen molar-refractivity contribution in [2.24, 2.45) is 0 Å². The molecule has 1 aliphatic heterocycles. The van der Waals surface area contributed by atoms with E-state index in [1.807, 2.05) is 0 Å². The molecule has 1 aliphatic rings. The van der Waals surface area contributed by atoms with E-state index in [2.05, 4.69) is 21.2 Å². The Balaban J connectivity index is 2.62. The summed E-state index contributed by atoms with van der Waals surface area (Å²) in [7, 11) is 0. The lowest BCUT2D eigenvalue weighted by Gasteiger charge is -2.26. The smallest absolute Gasteiger partial charge is 0.285 e. The molecule has 0 radical (unpaired) electrons. The van der Waals surface area contributed by atoms with Gasteiger partial charge in [0.05, 0.1) is 11.0 Å². The van der Waals surface area contributed by atoms with Gasteiger partial charge in [0.2, 0.25) is 0 Å². The molecule has 0 spiro atoms. The minimum absolute atomic E-state index is 0.0515. The lowest BCUT2D eigenvalue weighted by Crippen LogP contribution is -2.37. The van der Waals surface area contributed by atoms with Crippen LogP contribution in [0.25, 0.3) is 0 Å². The molecule has 14 heavy (non-hydrogen) atoms. The first-order valence-corrected chi connectivity index (χ1v) is 4.87. The van der Waals surface area contributed by atoms with Crippen LogP contribution >= 0.6 is 15.9 Å². The molecular weight excluding hydrogens is 259 g/mol. The minimum Gasteiger partial charge on any atom is -0.307 e. The number of halogens is 4. The SMILES string of the molecule is Fc1c(Br)ccc2c1CNCC2(F)F. The summed E-state index contributed by atoms with van der Waals surface area (Å²) in [6.07, 6.45) is 0. The van der Waals surface area contributed by atoms with Crippen LogP contribution in [0.5, 0.6) is 0 Å². The summed E-state index contributed by atoms with van der Waals surface area (Å²) >= 11 is 2.96. The van der Waals surface area contributed by atoms with Gasteiger partial charge in [-0.2, -0.15) is 8.78 Å². The molecule has 0 bridgehead atoms. The highest BCUT2D eigenvalue weighted by Crippen LogP contribution is 2.36. The van der Waals surface area contributed by atoms with Crippen molar-refractivity contribution in [3.63, 3.8) is 0 Å². The summed E-state index contributed by atoms with van der Waals surface area (Å²) in [5.41, 5.74) is -0.160. The fourth-order valence-electron chi connectivity index (χ4n) is 1.55. The Morgan fingerprint density at radius 1 is 1.36 bits per heavy atom. The van der Waals surface area contributed by atoms with Gasteiger partial charge < -0.3 is 5.32 Å². The van der Waals surface area contributed by atoms with E-state index in [0.29, 0.717) is 0 Å². The van der Waals surface area contributed by atoms with Gasteiger partial charge in [0.25, 0.3) is 5.92 Å². The molecule has 1 heterocycles. The van der Waals surface area contributed by atoms with Gasteiger partial charge in [-0.15, -0.1) is 0 Å². The number of nitrogens with one attached hydrogen (secondary N) is 1. The zero-order chi connectivity index (χ0) is 10.3. The van der Waals surface area contributed by atoms with Gasteiger partial charge in [0, 0.05) is 17.7 Å². The van der Waals surface area contributed by atoms with Crippen LogP contribution in [0.4, 0.5) is 13.2 Å². The Kier molecular flexibility index (Phi) is 2.31. The van der Waals surface area contributed by atoms with Crippen LogP contribution in [0.3, 0.4) is 0 Å². The Hall–Kier alpha value is -0.550. The average Bonchev–Trinajstić information content (AvgIpc) is 2.11. The van der Waals surface area contributed by atoms with Gasteiger partial charge in [0.1, 0.15) is 5.82 Å². The molecule has 1 aromatic rings. The maximum atomic E-state index is 13.4. The molecule has 1 N–H and O–H groups in total. The summed E-state index contributed by atoms with van der Waals surface area (Å²) in [5.74, 6) is -3.58. The predicted octanol–water partition coefficient (Wildman–Crippen LogP) is 2.78. The van der Waals surface area contributed by atoms with Crippen molar-refractivity contribution in [1.82, 2.24) is 5.32 Å². The molecule has 0 amide bonds. The van der Waals surface area contributed by atoms with Gasteiger partial charge >= 0.3 is 0 Å². The third-order valence-electron chi connectivity index (χ3n) is 2.24. The number of alkyl halides is 2. The molecule has 5 heteroatoms. The molecule has 0 fully saturated rings. The maximum Gasteiger partial charge on any atom is 0.285 e. The Morgan fingerprint density at radius 3 is 2.79 bits per heavy atom. The minimum atomic E-state index is -2.98. The van der Waals surface area contributed by atoms with E-state index < -0.39 is 18.3 Å². The molecule has 0 saturated heterocycles. The summed E-state index contributed by atoms with van der Waals surface area (Å²) in [5, 5.41) is 2.49. The van der Waals surface area contributed by atoms with E-state index in [9.17, 15) is 13.2 Å². The topological polar surface area (TPSA) is 12.0 Å². The zero-order valence-corrected chi connectivity index (χ0v) is 8.67. The molecule has 76 valence electrons. The second-order valence-corrected chi connectivity index (χ2v) is 4.05. The van der Waals surface area contributed by atoms with E-state index >= 15 is 0 Å². The van der Waals surface area contributed by atoms with Gasteiger partial charge in [0.15, 0.2) is 0 Å². The number of benzene rings is 1. The van der Waals surface area contributed by atoms with Crippen molar-refractivity contribution in [1.29, 1.82) is 0 Å². The number of rotatable bonds is 0. The molecule has 0 unspecified atom stereocenters.